The molecule has 0 saturated carbocycles. The minimum absolute atomic E-state index is 0.979. The molecule has 120 valence electrons. The molecule has 24 heavy (non-hydrogen) atoms. The first-order valence-corrected chi connectivity index (χ1v) is 8.92. The van der Waals surface area contributed by atoms with Gasteiger partial charge in [-0.2, -0.15) is 0 Å². The monoisotopic (exact) mass is 315 g/mol. The Labute approximate surface area is 144 Å². The van der Waals surface area contributed by atoms with Gasteiger partial charge < -0.3 is 0 Å². The fourth-order valence-corrected chi connectivity index (χ4v) is 3.57. The molecule has 1 heteroatoms. The van der Waals surface area contributed by atoms with Crippen LogP contribution in [-0.2, 0) is 12.8 Å². The van der Waals surface area contributed by atoms with Crippen LogP contribution < -0.4 is 0 Å². The van der Waals surface area contributed by atoms with Crippen LogP contribution in [0.25, 0.3) is 22.6 Å². The van der Waals surface area contributed by atoms with Gasteiger partial charge in [0.15, 0.2) is 0 Å². The molecule has 0 fully saturated rings. The summed E-state index contributed by atoms with van der Waals surface area (Å²) < 4.78 is 6.44. The van der Waals surface area contributed by atoms with Gasteiger partial charge in [-0.25, -0.2) is 4.42 Å². The van der Waals surface area contributed by atoms with Gasteiger partial charge in [0.1, 0.15) is 0 Å². The largest absolute Gasteiger partial charge is 0.364 e. The maximum absolute atomic E-state index is 6.44. The fraction of sp³-hybridized carbons (Fsp3) is 0.261. The summed E-state index contributed by atoms with van der Waals surface area (Å²) in [6.45, 7) is 2.13. The first-order chi connectivity index (χ1) is 11.8. The van der Waals surface area contributed by atoms with E-state index in [1.165, 1.54) is 41.5 Å². The Morgan fingerprint density at radius 1 is 0.750 bits per heavy atom. The van der Waals surface area contributed by atoms with E-state index < -0.39 is 0 Å². The number of aryl methyl sites for hydroxylation is 2. The number of hydrogen-bond acceptors (Lipinski definition) is 0. The van der Waals surface area contributed by atoms with Crippen LogP contribution in [0.1, 0.15) is 36.0 Å². The Bertz CT molecular complexity index is 832. The molecule has 3 aromatic rings. The summed E-state index contributed by atoms with van der Waals surface area (Å²) in [6, 6.07) is 21.4. The summed E-state index contributed by atoms with van der Waals surface area (Å²) in [7, 11) is 0. The molecule has 0 aliphatic heterocycles. The third-order valence-corrected chi connectivity index (χ3v) is 4.92. The minimum Gasteiger partial charge on any atom is -0.207 e. The van der Waals surface area contributed by atoms with Gasteiger partial charge in [-0.05, 0) is 62.4 Å². The SMILES string of the molecule is Cc1ccc(-c2[o+]c(-c3ccccc3)cc3c2CCCCC3)cc1. The zero-order chi connectivity index (χ0) is 16.4. The normalized spacial score (nSPS) is 14.0. The highest BCUT2D eigenvalue weighted by Gasteiger charge is 2.27. The van der Waals surface area contributed by atoms with Gasteiger partial charge >= 0.3 is 11.5 Å². The smallest absolute Gasteiger partial charge is 0.207 e. The molecular weight excluding hydrogens is 292 g/mol. The van der Waals surface area contributed by atoms with Crippen molar-refractivity contribution in [3.63, 3.8) is 0 Å². The molecule has 0 radical (unpaired) electrons. The quantitative estimate of drug-likeness (QED) is 0.389. The first-order valence-electron chi connectivity index (χ1n) is 8.92. The van der Waals surface area contributed by atoms with Crippen LogP contribution in [0.15, 0.2) is 65.1 Å². The molecule has 4 rings (SSSR count). The fourth-order valence-electron chi connectivity index (χ4n) is 3.57. The number of fused-ring (bicyclic) bond motifs is 1. The third-order valence-electron chi connectivity index (χ3n) is 4.92. The lowest BCUT2D eigenvalue weighted by atomic mass is 9.96. The van der Waals surface area contributed by atoms with E-state index in [2.05, 4.69) is 61.5 Å². The van der Waals surface area contributed by atoms with E-state index in [9.17, 15) is 0 Å². The third kappa shape index (κ3) is 2.99. The van der Waals surface area contributed by atoms with E-state index in [-0.39, 0.29) is 0 Å². The van der Waals surface area contributed by atoms with Crippen molar-refractivity contribution in [1.29, 1.82) is 0 Å². The molecule has 0 atom stereocenters. The Morgan fingerprint density at radius 3 is 2.29 bits per heavy atom. The Balaban J connectivity index is 1.91. The van der Waals surface area contributed by atoms with Gasteiger partial charge in [0, 0.05) is 6.07 Å². The summed E-state index contributed by atoms with van der Waals surface area (Å²) in [4.78, 5) is 0. The zero-order valence-electron chi connectivity index (χ0n) is 14.2. The van der Waals surface area contributed by atoms with Crippen LogP contribution >= 0.6 is 0 Å². The van der Waals surface area contributed by atoms with Gasteiger partial charge in [0.25, 0.3) is 0 Å². The van der Waals surface area contributed by atoms with E-state index in [1.54, 1.807) is 0 Å². The molecule has 2 aromatic carbocycles. The van der Waals surface area contributed by atoms with Crippen LogP contribution in [0.5, 0.6) is 0 Å². The highest BCUT2D eigenvalue weighted by molar-refractivity contribution is 5.68. The van der Waals surface area contributed by atoms with E-state index >= 15 is 0 Å². The van der Waals surface area contributed by atoms with E-state index in [4.69, 9.17) is 4.42 Å². The summed E-state index contributed by atoms with van der Waals surface area (Å²) in [5, 5.41) is 0. The second-order valence-corrected chi connectivity index (χ2v) is 6.74. The maximum atomic E-state index is 6.44. The van der Waals surface area contributed by atoms with Gasteiger partial charge in [0.05, 0.1) is 16.7 Å². The minimum atomic E-state index is 0.979. The van der Waals surface area contributed by atoms with Gasteiger partial charge in [-0.15, -0.1) is 0 Å². The van der Waals surface area contributed by atoms with E-state index in [0.29, 0.717) is 0 Å². The summed E-state index contributed by atoms with van der Waals surface area (Å²) in [5.41, 5.74) is 6.50. The molecule has 0 saturated heterocycles. The average Bonchev–Trinajstić information content (AvgIpc) is 2.88. The molecule has 1 nitrogen and oxygen atoms in total. The van der Waals surface area contributed by atoms with Crippen molar-refractivity contribution in [3.8, 4) is 22.6 Å². The Morgan fingerprint density at radius 2 is 1.50 bits per heavy atom. The van der Waals surface area contributed by atoms with Crippen molar-refractivity contribution in [2.24, 2.45) is 0 Å². The Kier molecular flexibility index (Phi) is 4.17. The summed E-state index contributed by atoms with van der Waals surface area (Å²) >= 11 is 0. The molecule has 0 unspecified atom stereocenters. The highest BCUT2D eigenvalue weighted by atomic mass is 16.3. The van der Waals surface area contributed by atoms with Crippen molar-refractivity contribution < 1.29 is 4.42 Å². The number of hydrogen-bond donors (Lipinski definition) is 0. The maximum Gasteiger partial charge on any atom is 0.364 e. The molecule has 1 aromatic heterocycles. The second kappa shape index (κ2) is 6.60. The lowest BCUT2D eigenvalue weighted by Gasteiger charge is -2.06. The van der Waals surface area contributed by atoms with Crippen LogP contribution in [-0.4, -0.2) is 0 Å². The molecule has 0 N–H and O–H groups in total. The van der Waals surface area contributed by atoms with Crippen molar-refractivity contribution in [1.82, 2.24) is 0 Å². The van der Waals surface area contributed by atoms with Crippen molar-refractivity contribution in [2.45, 2.75) is 39.0 Å². The summed E-state index contributed by atoms with van der Waals surface area (Å²) in [5.74, 6) is 2.04. The molecular formula is C23H23O+. The predicted molar refractivity (Wildman–Crippen MR) is 100.0 cm³/mol. The highest BCUT2D eigenvalue weighted by Crippen LogP contribution is 2.35. The van der Waals surface area contributed by atoms with Crippen molar-refractivity contribution in [3.05, 3.63) is 77.4 Å². The predicted octanol–water partition coefficient (Wildman–Crippen LogP) is 6.47. The van der Waals surface area contributed by atoms with E-state index in [1.807, 2.05) is 6.07 Å². The first kappa shape index (κ1) is 15.1. The van der Waals surface area contributed by atoms with Crippen LogP contribution in [0.3, 0.4) is 0 Å². The van der Waals surface area contributed by atoms with E-state index in [0.717, 1.165) is 29.9 Å². The number of rotatable bonds is 2. The van der Waals surface area contributed by atoms with Crippen LogP contribution in [0.2, 0.25) is 0 Å². The lowest BCUT2D eigenvalue weighted by molar-refractivity contribution is 0.571. The van der Waals surface area contributed by atoms with Gasteiger partial charge in [-0.1, -0.05) is 42.3 Å². The molecule has 0 bridgehead atoms. The Hall–Kier alpha value is -2.41. The molecule has 1 heterocycles. The number of benzene rings is 2. The molecule has 1 aliphatic rings. The van der Waals surface area contributed by atoms with Crippen LogP contribution in [0, 0.1) is 6.92 Å². The van der Waals surface area contributed by atoms with Gasteiger partial charge in [0.2, 0.25) is 0 Å². The molecule has 0 spiro atoms. The summed E-state index contributed by atoms with van der Waals surface area (Å²) in [6.07, 6.45) is 6.12. The topological polar surface area (TPSA) is 11.3 Å². The van der Waals surface area contributed by atoms with Gasteiger partial charge in [-0.3, -0.25) is 0 Å². The second-order valence-electron chi connectivity index (χ2n) is 6.74. The zero-order valence-corrected chi connectivity index (χ0v) is 14.2. The average molecular weight is 315 g/mol. The standard InChI is InChI=1S/C23H23O/c1-17-12-14-19(15-13-17)23-21-11-7-3-6-10-20(21)16-22(24-23)18-8-4-2-5-9-18/h2,4-5,8-9,12-16H,3,6-7,10-11H2,1H3/q+1. The van der Waals surface area contributed by atoms with Crippen molar-refractivity contribution in [2.75, 3.05) is 0 Å². The molecule has 1 aliphatic carbocycles. The van der Waals surface area contributed by atoms with Crippen molar-refractivity contribution >= 4 is 0 Å². The molecule has 0 amide bonds. The van der Waals surface area contributed by atoms with Crippen LogP contribution in [0.4, 0.5) is 0 Å². The lowest BCUT2D eigenvalue weighted by Crippen LogP contribution is -1.97.